The highest BCUT2D eigenvalue weighted by Crippen LogP contribution is 2.12. The van der Waals surface area contributed by atoms with Gasteiger partial charge in [-0.05, 0) is 36.6 Å². The molecule has 7 nitrogen and oxygen atoms in total. The van der Waals surface area contributed by atoms with Crippen LogP contribution in [0.1, 0.15) is 26.3 Å². The second-order valence-corrected chi connectivity index (χ2v) is 5.97. The molecule has 0 unspecified atom stereocenters. The van der Waals surface area contributed by atoms with Crippen molar-refractivity contribution in [2.45, 2.75) is 32.9 Å². The zero-order valence-corrected chi connectivity index (χ0v) is 14.9. The summed E-state index contributed by atoms with van der Waals surface area (Å²) in [5.41, 5.74) is 6.08. The van der Waals surface area contributed by atoms with Crippen LogP contribution in [-0.2, 0) is 14.4 Å². The van der Waals surface area contributed by atoms with Crippen LogP contribution in [0.2, 0.25) is 0 Å². The molecule has 0 saturated carbocycles. The van der Waals surface area contributed by atoms with Crippen molar-refractivity contribution >= 4 is 23.8 Å². The minimum absolute atomic E-state index is 0.140. The van der Waals surface area contributed by atoms with Gasteiger partial charge in [0.1, 0.15) is 17.8 Å². The topological polar surface area (TPSA) is 111 Å². The third-order valence-corrected chi connectivity index (χ3v) is 3.57. The van der Waals surface area contributed by atoms with E-state index in [4.69, 9.17) is 10.5 Å². The molecule has 0 aromatic heterocycles. The predicted molar refractivity (Wildman–Crippen MR) is 95.6 cm³/mol. The number of carbonyl (C=O) groups excluding carboxylic acids is 3. The normalized spacial score (nSPS) is 13.3. The van der Waals surface area contributed by atoms with Crippen molar-refractivity contribution in [3.63, 3.8) is 0 Å². The Morgan fingerprint density at radius 1 is 1.08 bits per heavy atom. The number of ether oxygens (including phenoxy) is 1. The van der Waals surface area contributed by atoms with Crippen LogP contribution < -0.4 is 21.1 Å². The molecular weight excluding hydrogens is 322 g/mol. The molecular formula is C18H25N3O4. The average molecular weight is 347 g/mol. The van der Waals surface area contributed by atoms with Crippen molar-refractivity contribution in [1.29, 1.82) is 0 Å². The number of hydrogen-bond acceptors (Lipinski definition) is 4. The number of nitrogens with one attached hydrogen (secondary N) is 2. The van der Waals surface area contributed by atoms with E-state index < -0.39 is 29.8 Å². The average Bonchev–Trinajstić information content (AvgIpc) is 2.57. The van der Waals surface area contributed by atoms with E-state index in [9.17, 15) is 14.4 Å². The number of nitrogens with two attached hydrogens (primary N) is 1. The quantitative estimate of drug-likeness (QED) is 0.605. The standard InChI is InChI=1S/C18H25N3O4/c1-11(2)16(17(19)23)21-18(24)12(3)20-15(22)10-7-13-5-8-14(25-4)9-6-13/h5-12,16H,1-4H3,(H2,19,23)(H,20,22)(H,21,24)/b10-7-/t12-,16-/m1/s1. The SMILES string of the molecule is COc1ccc(/C=C\C(=O)N[C@H](C)C(=O)N[C@@H](C(N)=O)C(C)C)cc1. The molecule has 1 aromatic carbocycles. The predicted octanol–water partition coefficient (Wildman–Crippen LogP) is 0.839. The van der Waals surface area contributed by atoms with E-state index in [-0.39, 0.29) is 5.92 Å². The Hall–Kier alpha value is -2.83. The van der Waals surface area contributed by atoms with E-state index in [1.807, 2.05) is 0 Å². The number of rotatable bonds is 8. The smallest absolute Gasteiger partial charge is 0.244 e. The van der Waals surface area contributed by atoms with Gasteiger partial charge in [0.2, 0.25) is 17.7 Å². The van der Waals surface area contributed by atoms with Gasteiger partial charge < -0.3 is 21.1 Å². The van der Waals surface area contributed by atoms with Gasteiger partial charge in [0.25, 0.3) is 0 Å². The maximum Gasteiger partial charge on any atom is 0.244 e. The summed E-state index contributed by atoms with van der Waals surface area (Å²) in [6, 6.07) is 5.60. The number of methoxy groups -OCH3 is 1. The van der Waals surface area contributed by atoms with Gasteiger partial charge in [0, 0.05) is 6.08 Å². The first-order valence-corrected chi connectivity index (χ1v) is 7.97. The van der Waals surface area contributed by atoms with Crippen molar-refractivity contribution < 1.29 is 19.1 Å². The lowest BCUT2D eigenvalue weighted by molar-refractivity contribution is -0.130. The van der Waals surface area contributed by atoms with Gasteiger partial charge in [-0.3, -0.25) is 14.4 Å². The molecule has 0 fully saturated rings. The summed E-state index contributed by atoms with van der Waals surface area (Å²) in [6.45, 7) is 5.08. The minimum atomic E-state index is -0.798. The molecule has 0 spiro atoms. The maximum atomic E-state index is 12.1. The first-order valence-electron chi connectivity index (χ1n) is 7.97. The molecule has 0 aliphatic heterocycles. The molecule has 1 aromatic rings. The zero-order chi connectivity index (χ0) is 19.0. The van der Waals surface area contributed by atoms with Gasteiger partial charge in [0.15, 0.2) is 0 Å². The molecule has 25 heavy (non-hydrogen) atoms. The molecule has 0 saturated heterocycles. The van der Waals surface area contributed by atoms with Gasteiger partial charge in [-0.1, -0.05) is 26.0 Å². The van der Waals surface area contributed by atoms with E-state index in [1.54, 1.807) is 51.3 Å². The molecule has 0 bridgehead atoms. The Morgan fingerprint density at radius 3 is 2.16 bits per heavy atom. The fraction of sp³-hybridized carbons (Fsp3) is 0.389. The summed E-state index contributed by atoms with van der Waals surface area (Å²) < 4.78 is 5.06. The summed E-state index contributed by atoms with van der Waals surface area (Å²) in [6.07, 6.45) is 2.96. The van der Waals surface area contributed by atoms with E-state index in [0.717, 1.165) is 11.3 Å². The van der Waals surface area contributed by atoms with Crippen LogP contribution in [0.25, 0.3) is 6.08 Å². The lowest BCUT2D eigenvalue weighted by Gasteiger charge is -2.21. The molecule has 0 aliphatic rings. The number of hydrogen-bond donors (Lipinski definition) is 3. The number of carbonyl (C=O) groups is 3. The van der Waals surface area contributed by atoms with Gasteiger partial charge in [-0.2, -0.15) is 0 Å². The Balaban J connectivity index is 2.58. The van der Waals surface area contributed by atoms with Gasteiger partial charge in [-0.25, -0.2) is 0 Å². The molecule has 1 rings (SSSR count). The molecule has 0 radical (unpaired) electrons. The third-order valence-electron chi connectivity index (χ3n) is 3.57. The number of primary amides is 1. The fourth-order valence-corrected chi connectivity index (χ4v) is 2.06. The Morgan fingerprint density at radius 2 is 1.68 bits per heavy atom. The first-order chi connectivity index (χ1) is 11.7. The summed E-state index contributed by atoms with van der Waals surface area (Å²) in [4.78, 5) is 35.3. The van der Waals surface area contributed by atoms with Crippen molar-refractivity contribution in [2.75, 3.05) is 7.11 Å². The van der Waals surface area contributed by atoms with Crippen molar-refractivity contribution in [3.8, 4) is 5.75 Å². The minimum Gasteiger partial charge on any atom is -0.497 e. The first kappa shape index (κ1) is 20.2. The molecule has 0 heterocycles. The third kappa shape index (κ3) is 6.66. The van der Waals surface area contributed by atoms with E-state index in [1.165, 1.54) is 13.0 Å². The molecule has 2 atom stereocenters. The summed E-state index contributed by atoms with van der Waals surface area (Å²) in [5.74, 6) is -0.913. The number of benzene rings is 1. The molecule has 3 amide bonds. The van der Waals surface area contributed by atoms with E-state index >= 15 is 0 Å². The van der Waals surface area contributed by atoms with Crippen LogP contribution >= 0.6 is 0 Å². The molecule has 4 N–H and O–H groups in total. The van der Waals surface area contributed by atoms with E-state index in [0.29, 0.717) is 0 Å². The second kappa shape index (κ2) is 9.46. The highest BCUT2D eigenvalue weighted by Gasteiger charge is 2.24. The van der Waals surface area contributed by atoms with Crippen molar-refractivity contribution in [1.82, 2.24) is 10.6 Å². The van der Waals surface area contributed by atoms with E-state index in [2.05, 4.69) is 10.6 Å². The lowest BCUT2D eigenvalue weighted by Crippen LogP contribution is -2.53. The lowest BCUT2D eigenvalue weighted by atomic mass is 10.0. The second-order valence-electron chi connectivity index (χ2n) is 5.97. The van der Waals surface area contributed by atoms with Gasteiger partial charge in [-0.15, -0.1) is 0 Å². The van der Waals surface area contributed by atoms with Crippen molar-refractivity contribution in [2.24, 2.45) is 11.7 Å². The summed E-state index contributed by atoms with van der Waals surface area (Å²) in [7, 11) is 1.58. The number of amides is 3. The Kier molecular flexibility index (Phi) is 7.65. The van der Waals surface area contributed by atoms with Crippen LogP contribution in [0.5, 0.6) is 5.75 Å². The Bertz CT molecular complexity index is 638. The maximum absolute atomic E-state index is 12.1. The Labute approximate surface area is 147 Å². The summed E-state index contributed by atoms with van der Waals surface area (Å²) in [5, 5.41) is 5.08. The monoisotopic (exact) mass is 347 g/mol. The molecule has 7 heteroatoms. The van der Waals surface area contributed by atoms with Crippen LogP contribution in [0.3, 0.4) is 0 Å². The fourth-order valence-electron chi connectivity index (χ4n) is 2.06. The van der Waals surface area contributed by atoms with Crippen LogP contribution in [-0.4, -0.2) is 36.9 Å². The molecule has 136 valence electrons. The highest BCUT2D eigenvalue weighted by molar-refractivity contribution is 5.96. The van der Waals surface area contributed by atoms with Crippen LogP contribution in [0.4, 0.5) is 0 Å². The van der Waals surface area contributed by atoms with Crippen LogP contribution in [0.15, 0.2) is 30.3 Å². The largest absolute Gasteiger partial charge is 0.497 e. The van der Waals surface area contributed by atoms with Gasteiger partial charge in [0.05, 0.1) is 7.11 Å². The van der Waals surface area contributed by atoms with Gasteiger partial charge >= 0.3 is 0 Å². The highest BCUT2D eigenvalue weighted by atomic mass is 16.5. The summed E-state index contributed by atoms with van der Waals surface area (Å²) >= 11 is 0. The zero-order valence-electron chi connectivity index (χ0n) is 14.9. The molecule has 0 aliphatic carbocycles. The van der Waals surface area contributed by atoms with Crippen molar-refractivity contribution in [3.05, 3.63) is 35.9 Å². The van der Waals surface area contributed by atoms with Crippen LogP contribution in [0, 0.1) is 5.92 Å².